The third-order valence-corrected chi connectivity index (χ3v) is 4.06. The minimum Gasteiger partial charge on any atom is -0.494 e. The molecule has 0 fully saturated rings. The van der Waals surface area contributed by atoms with E-state index in [1.54, 1.807) is 0 Å². The Labute approximate surface area is 141 Å². The molecule has 0 spiro atoms. The van der Waals surface area contributed by atoms with Gasteiger partial charge in [-0.1, -0.05) is 20.8 Å². The molecule has 23 heavy (non-hydrogen) atoms. The zero-order chi connectivity index (χ0) is 17.0. The van der Waals surface area contributed by atoms with Crippen LogP contribution in [0.5, 0.6) is 5.75 Å². The summed E-state index contributed by atoms with van der Waals surface area (Å²) < 4.78 is 5.46. The molecule has 0 aliphatic heterocycles. The first-order valence-corrected chi connectivity index (χ1v) is 8.60. The van der Waals surface area contributed by atoms with E-state index in [-0.39, 0.29) is 11.3 Å². The van der Waals surface area contributed by atoms with Crippen LogP contribution in [-0.4, -0.2) is 17.5 Å². The first kappa shape index (κ1) is 17.5. The number of rotatable bonds is 5. The fourth-order valence-electron chi connectivity index (χ4n) is 2.24. The molecule has 4 nitrogen and oxygen atoms in total. The molecule has 0 saturated carbocycles. The number of amides is 1. The Morgan fingerprint density at radius 1 is 1.26 bits per heavy atom. The van der Waals surface area contributed by atoms with Crippen LogP contribution >= 0.6 is 11.3 Å². The van der Waals surface area contributed by atoms with Crippen LogP contribution in [0.15, 0.2) is 24.3 Å². The Morgan fingerprint density at radius 3 is 2.48 bits per heavy atom. The third-order valence-electron chi connectivity index (χ3n) is 3.17. The van der Waals surface area contributed by atoms with Crippen molar-refractivity contribution in [1.82, 2.24) is 4.98 Å². The van der Waals surface area contributed by atoms with Crippen molar-refractivity contribution in [3.63, 3.8) is 0 Å². The van der Waals surface area contributed by atoms with E-state index in [0.29, 0.717) is 18.2 Å². The number of nitrogens with one attached hydrogen (secondary N) is 1. The van der Waals surface area contributed by atoms with Crippen LogP contribution in [0.4, 0.5) is 5.13 Å². The van der Waals surface area contributed by atoms with Crippen molar-refractivity contribution in [3.8, 4) is 17.0 Å². The van der Waals surface area contributed by atoms with E-state index in [0.717, 1.165) is 21.9 Å². The van der Waals surface area contributed by atoms with Gasteiger partial charge in [0.1, 0.15) is 5.75 Å². The molecule has 1 N–H and O–H groups in total. The number of nitrogens with zero attached hydrogens (tertiary/aromatic N) is 1. The second kappa shape index (κ2) is 7.13. The molecular weight excluding hydrogens is 308 g/mol. The highest BCUT2D eigenvalue weighted by atomic mass is 32.1. The number of thiazole rings is 1. The van der Waals surface area contributed by atoms with Crippen molar-refractivity contribution >= 4 is 22.4 Å². The number of anilines is 1. The topological polar surface area (TPSA) is 51.2 Å². The Morgan fingerprint density at radius 2 is 1.91 bits per heavy atom. The van der Waals surface area contributed by atoms with Crippen molar-refractivity contribution in [3.05, 3.63) is 29.1 Å². The summed E-state index contributed by atoms with van der Waals surface area (Å²) in [6.07, 6.45) is 0.476. The predicted molar refractivity (Wildman–Crippen MR) is 96.2 cm³/mol. The van der Waals surface area contributed by atoms with Crippen molar-refractivity contribution in [2.45, 2.75) is 41.0 Å². The standard InChI is InChI=1S/C18H24N2O2S/c1-6-22-14-9-7-13(8-10-14)16-12(2)23-17(20-16)19-15(21)11-18(3,4)5/h7-10H,6,11H2,1-5H3,(H,19,20,21). The van der Waals surface area contributed by atoms with Crippen molar-refractivity contribution in [2.75, 3.05) is 11.9 Å². The summed E-state index contributed by atoms with van der Waals surface area (Å²) in [5.41, 5.74) is 1.90. The van der Waals surface area contributed by atoms with Gasteiger partial charge in [-0.05, 0) is 43.5 Å². The summed E-state index contributed by atoms with van der Waals surface area (Å²) in [5, 5.41) is 3.56. The van der Waals surface area contributed by atoms with E-state index in [2.05, 4.69) is 10.3 Å². The molecular formula is C18H24N2O2S. The van der Waals surface area contributed by atoms with Gasteiger partial charge >= 0.3 is 0 Å². The molecule has 5 heteroatoms. The van der Waals surface area contributed by atoms with Gasteiger partial charge in [0.25, 0.3) is 0 Å². The highest BCUT2D eigenvalue weighted by molar-refractivity contribution is 7.16. The lowest BCUT2D eigenvalue weighted by Gasteiger charge is -2.16. The maximum absolute atomic E-state index is 12.0. The SMILES string of the molecule is CCOc1ccc(-c2nc(NC(=O)CC(C)(C)C)sc2C)cc1. The van der Waals surface area contributed by atoms with Crippen LogP contribution < -0.4 is 10.1 Å². The molecule has 1 heterocycles. The van der Waals surface area contributed by atoms with Crippen LogP contribution in [0, 0.1) is 12.3 Å². The number of ether oxygens (including phenoxy) is 1. The molecule has 0 aliphatic carbocycles. The van der Waals surface area contributed by atoms with E-state index >= 15 is 0 Å². The molecule has 0 radical (unpaired) electrons. The molecule has 0 saturated heterocycles. The van der Waals surface area contributed by atoms with Crippen molar-refractivity contribution in [1.29, 1.82) is 0 Å². The number of carbonyl (C=O) groups excluding carboxylic acids is 1. The quantitative estimate of drug-likeness (QED) is 0.848. The van der Waals surface area contributed by atoms with E-state index in [1.165, 1.54) is 11.3 Å². The largest absolute Gasteiger partial charge is 0.494 e. The normalized spacial score (nSPS) is 11.3. The molecule has 1 amide bonds. The molecule has 0 bridgehead atoms. The summed E-state index contributed by atoms with van der Waals surface area (Å²) in [4.78, 5) is 17.7. The number of carbonyl (C=O) groups is 1. The summed E-state index contributed by atoms with van der Waals surface area (Å²) in [7, 11) is 0. The first-order chi connectivity index (χ1) is 10.8. The molecule has 1 aromatic heterocycles. The Kier molecular flexibility index (Phi) is 5.42. The van der Waals surface area contributed by atoms with E-state index < -0.39 is 0 Å². The van der Waals surface area contributed by atoms with Crippen LogP contribution in [-0.2, 0) is 4.79 Å². The predicted octanol–water partition coefficient (Wildman–Crippen LogP) is 4.89. The lowest BCUT2D eigenvalue weighted by Crippen LogP contribution is -2.19. The second-order valence-electron chi connectivity index (χ2n) is 6.67. The fraction of sp³-hybridized carbons (Fsp3) is 0.444. The smallest absolute Gasteiger partial charge is 0.226 e. The number of hydrogen-bond donors (Lipinski definition) is 1. The molecule has 0 aliphatic rings. The van der Waals surface area contributed by atoms with Crippen LogP contribution in [0.25, 0.3) is 11.3 Å². The third kappa shape index (κ3) is 5.06. The van der Waals surface area contributed by atoms with E-state index in [9.17, 15) is 4.79 Å². The maximum Gasteiger partial charge on any atom is 0.226 e. The Balaban J connectivity index is 2.13. The number of aromatic nitrogens is 1. The molecule has 1 aromatic carbocycles. The lowest BCUT2D eigenvalue weighted by molar-refractivity contribution is -0.117. The minimum absolute atomic E-state index is 0.00416. The summed E-state index contributed by atoms with van der Waals surface area (Å²) in [6, 6.07) is 7.87. The van der Waals surface area contributed by atoms with Crippen LogP contribution in [0.1, 0.15) is 39.0 Å². The molecule has 0 unspecified atom stereocenters. The lowest BCUT2D eigenvalue weighted by atomic mass is 9.92. The Bertz CT molecular complexity index is 669. The fourth-order valence-corrected chi connectivity index (χ4v) is 3.09. The van der Waals surface area contributed by atoms with Gasteiger partial charge in [0.15, 0.2) is 5.13 Å². The van der Waals surface area contributed by atoms with Crippen molar-refractivity contribution < 1.29 is 9.53 Å². The van der Waals surface area contributed by atoms with Gasteiger partial charge < -0.3 is 10.1 Å². The highest BCUT2D eigenvalue weighted by Crippen LogP contribution is 2.31. The highest BCUT2D eigenvalue weighted by Gasteiger charge is 2.18. The molecule has 0 atom stereocenters. The van der Waals surface area contributed by atoms with Gasteiger partial charge in [-0.2, -0.15) is 0 Å². The van der Waals surface area contributed by atoms with Gasteiger partial charge in [0.2, 0.25) is 5.91 Å². The number of hydrogen-bond acceptors (Lipinski definition) is 4. The monoisotopic (exact) mass is 332 g/mol. The summed E-state index contributed by atoms with van der Waals surface area (Å²) >= 11 is 1.50. The first-order valence-electron chi connectivity index (χ1n) is 7.79. The second-order valence-corrected chi connectivity index (χ2v) is 7.87. The van der Waals surface area contributed by atoms with Gasteiger partial charge in [0, 0.05) is 16.9 Å². The average molecular weight is 332 g/mol. The number of aryl methyl sites for hydroxylation is 1. The minimum atomic E-state index is -0.0334. The van der Waals surface area contributed by atoms with Crippen molar-refractivity contribution in [2.24, 2.45) is 5.41 Å². The Hall–Kier alpha value is -1.88. The van der Waals surface area contributed by atoms with Gasteiger partial charge in [-0.3, -0.25) is 4.79 Å². The maximum atomic E-state index is 12.0. The number of benzene rings is 1. The van der Waals surface area contributed by atoms with Gasteiger partial charge in [-0.15, -0.1) is 11.3 Å². The van der Waals surface area contributed by atoms with Crippen LogP contribution in [0.3, 0.4) is 0 Å². The van der Waals surface area contributed by atoms with Gasteiger partial charge in [-0.25, -0.2) is 4.98 Å². The summed E-state index contributed by atoms with van der Waals surface area (Å²) in [5.74, 6) is 0.854. The molecule has 2 rings (SSSR count). The van der Waals surface area contributed by atoms with E-state index in [1.807, 2.05) is 58.9 Å². The molecule has 2 aromatic rings. The van der Waals surface area contributed by atoms with Crippen LogP contribution in [0.2, 0.25) is 0 Å². The van der Waals surface area contributed by atoms with Gasteiger partial charge in [0.05, 0.1) is 12.3 Å². The van der Waals surface area contributed by atoms with E-state index in [4.69, 9.17) is 4.74 Å². The molecule has 124 valence electrons. The zero-order valence-electron chi connectivity index (χ0n) is 14.4. The average Bonchev–Trinajstić information content (AvgIpc) is 2.78. The summed E-state index contributed by atoms with van der Waals surface area (Å²) in [6.45, 7) is 10.8. The zero-order valence-corrected chi connectivity index (χ0v) is 15.2.